The zero-order chi connectivity index (χ0) is 19.1. The highest BCUT2D eigenvalue weighted by molar-refractivity contribution is 8.32. The molecule has 0 fully saturated rings. The van der Waals surface area contributed by atoms with Gasteiger partial charge < -0.3 is 5.53 Å². The van der Waals surface area contributed by atoms with Crippen molar-refractivity contribution in [1.29, 1.82) is 0 Å². The van der Waals surface area contributed by atoms with Gasteiger partial charge in [0.1, 0.15) is 9.49 Å². The van der Waals surface area contributed by atoms with Gasteiger partial charge in [0, 0.05) is 0 Å². The zero-order valence-corrected chi connectivity index (χ0v) is 16.3. The summed E-state index contributed by atoms with van der Waals surface area (Å²) >= 11 is 0. The fourth-order valence-electron chi connectivity index (χ4n) is 2.94. The van der Waals surface area contributed by atoms with E-state index >= 15 is 0 Å². The van der Waals surface area contributed by atoms with Gasteiger partial charge in [-0.15, -0.1) is 4.79 Å². The van der Waals surface area contributed by atoms with Crippen molar-refractivity contribution in [2.75, 3.05) is 0 Å². The maximum absolute atomic E-state index is 13.2. The molecule has 25 heavy (non-hydrogen) atoms. The van der Waals surface area contributed by atoms with Crippen LogP contribution in [0.25, 0.3) is 5.53 Å². The Morgan fingerprint density at radius 1 is 0.840 bits per heavy atom. The molecule has 2 rings (SSSR count). The highest BCUT2D eigenvalue weighted by Gasteiger charge is 2.60. The highest BCUT2D eigenvalue weighted by Crippen LogP contribution is 2.39. The third-order valence-corrected chi connectivity index (χ3v) is 11.1. The van der Waals surface area contributed by atoms with Gasteiger partial charge in [0.25, 0.3) is 19.7 Å². The van der Waals surface area contributed by atoms with E-state index in [1.165, 1.54) is 26.0 Å². The van der Waals surface area contributed by atoms with Crippen LogP contribution < -0.4 is 0 Å². The summed E-state index contributed by atoms with van der Waals surface area (Å²) in [5.41, 5.74) is 9.41. The van der Waals surface area contributed by atoms with Crippen molar-refractivity contribution < 1.29 is 21.6 Å². The van der Waals surface area contributed by atoms with Gasteiger partial charge in [-0.3, -0.25) is 0 Å². The Morgan fingerprint density at radius 2 is 1.20 bits per heavy atom. The Hall–Kier alpha value is -1.76. The minimum atomic E-state index is -4.48. The van der Waals surface area contributed by atoms with Crippen LogP contribution in [0.5, 0.6) is 0 Å². The standard InChI is InChI=1S/C17H22N2O4S2/c1-13-9-5-7-11-16(13,3)24(20,21)15(19-18)25(22,23)17(4)12-8-6-10-14(17)2/h5-14H,1-4H3. The Bertz CT molecular complexity index is 879. The lowest BCUT2D eigenvalue weighted by molar-refractivity contribution is 0.00346. The largest absolute Gasteiger partial charge is 0.496 e. The molecule has 4 atom stereocenters. The van der Waals surface area contributed by atoms with Crippen LogP contribution in [0.15, 0.2) is 48.6 Å². The lowest BCUT2D eigenvalue weighted by Crippen LogP contribution is -2.52. The summed E-state index contributed by atoms with van der Waals surface area (Å²) in [7, 11) is -8.95. The molecular formula is C17H22N2O4S2. The van der Waals surface area contributed by atoms with Crippen LogP contribution in [-0.2, 0) is 19.7 Å². The summed E-state index contributed by atoms with van der Waals surface area (Å²) < 4.78 is 48.5. The van der Waals surface area contributed by atoms with Gasteiger partial charge in [-0.1, -0.05) is 62.5 Å². The van der Waals surface area contributed by atoms with Crippen molar-refractivity contribution in [2.45, 2.75) is 37.2 Å². The van der Waals surface area contributed by atoms with Gasteiger partial charge in [-0.05, 0) is 25.7 Å². The Labute approximate surface area is 149 Å². The maximum atomic E-state index is 13.2. The summed E-state index contributed by atoms with van der Waals surface area (Å²) in [6.45, 7) is 6.20. The van der Waals surface area contributed by atoms with Crippen LogP contribution >= 0.6 is 0 Å². The minimum Gasteiger partial charge on any atom is -0.359 e. The first-order valence-corrected chi connectivity index (χ1v) is 10.8. The van der Waals surface area contributed by atoms with E-state index in [0.29, 0.717) is 0 Å². The second kappa shape index (κ2) is 6.20. The van der Waals surface area contributed by atoms with E-state index in [-0.39, 0.29) is 0 Å². The third kappa shape index (κ3) is 2.69. The molecule has 0 N–H and O–H groups in total. The molecule has 0 heterocycles. The monoisotopic (exact) mass is 382 g/mol. The second-order valence-corrected chi connectivity index (χ2v) is 11.6. The minimum absolute atomic E-state index is 0.485. The quantitative estimate of drug-likeness (QED) is 0.316. The fraction of sp³-hybridized carbons (Fsp3) is 0.471. The molecule has 0 radical (unpaired) electrons. The molecule has 6 nitrogen and oxygen atoms in total. The zero-order valence-electron chi connectivity index (χ0n) is 14.6. The topological polar surface area (TPSA) is 105 Å². The van der Waals surface area contributed by atoms with Crippen molar-refractivity contribution in [1.82, 2.24) is 0 Å². The lowest BCUT2D eigenvalue weighted by atomic mass is 9.91. The first-order valence-electron chi connectivity index (χ1n) is 7.88. The summed E-state index contributed by atoms with van der Waals surface area (Å²) in [6, 6.07) is 0. The van der Waals surface area contributed by atoms with Crippen molar-refractivity contribution in [3.8, 4) is 0 Å². The molecule has 2 aliphatic rings. The number of sulfone groups is 2. The normalized spacial score (nSPS) is 34.7. The number of hydrogen-bond donors (Lipinski definition) is 0. The van der Waals surface area contributed by atoms with Crippen LogP contribution in [0.3, 0.4) is 0 Å². The molecule has 0 aromatic rings. The highest BCUT2D eigenvalue weighted by atomic mass is 32.3. The number of rotatable bonds is 2. The van der Waals surface area contributed by atoms with E-state index in [9.17, 15) is 22.4 Å². The molecule has 8 heteroatoms. The molecule has 0 spiro atoms. The first kappa shape index (κ1) is 19.6. The van der Waals surface area contributed by atoms with E-state index in [2.05, 4.69) is 4.79 Å². The summed E-state index contributed by atoms with van der Waals surface area (Å²) in [5.74, 6) is -0.969. The smallest absolute Gasteiger partial charge is 0.359 e. The molecule has 0 amide bonds. The van der Waals surface area contributed by atoms with Gasteiger partial charge in [-0.2, -0.15) is 0 Å². The second-order valence-electron chi connectivity index (χ2n) is 6.81. The Morgan fingerprint density at radius 3 is 1.48 bits per heavy atom. The SMILES string of the molecule is CC1C=CC=CC1(C)S(=O)(=O)C(=[N+]=[N-])S(=O)(=O)C1(C)C=CC=CC1C. The van der Waals surface area contributed by atoms with E-state index in [0.717, 1.165) is 0 Å². The van der Waals surface area contributed by atoms with Crippen LogP contribution in [0.4, 0.5) is 0 Å². The fourth-order valence-corrected chi connectivity index (χ4v) is 7.79. The average molecular weight is 383 g/mol. The Balaban J connectivity index is 2.67. The third-order valence-electron chi connectivity index (χ3n) is 5.38. The average Bonchev–Trinajstić information content (AvgIpc) is 2.53. The molecule has 0 saturated carbocycles. The predicted molar refractivity (Wildman–Crippen MR) is 98.2 cm³/mol. The Kier molecular flexibility index (Phi) is 4.85. The van der Waals surface area contributed by atoms with E-state index < -0.39 is 45.4 Å². The number of nitrogens with zero attached hydrogens (tertiary/aromatic N) is 2. The van der Waals surface area contributed by atoms with Crippen LogP contribution in [0.1, 0.15) is 27.7 Å². The van der Waals surface area contributed by atoms with Crippen LogP contribution in [0.2, 0.25) is 0 Å². The first-order chi connectivity index (χ1) is 11.4. The van der Waals surface area contributed by atoms with Crippen molar-refractivity contribution in [3.63, 3.8) is 0 Å². The summed E-state index contributed by atoms with van der Waals surface area (Å²) in [4.78, 5) is 2.77. The summed E-state index contributed by atoms with van der Waals surface area (Å²) in [6.07, 6.45) is 12.7. The van der Waals surface area contributed by atoms with Crippen molar-refractivity contribution in [2.24, 2.45) is 11.8 Å². The maximum Gasteiger partial charge on any atom is 0.496 e. The van der Waals surface area contributed by atoms with Crippen molar-refractivity contribution in [3.05, 3.63) is 54.1 Å². The number of hydrogen-bond acceptors (Lipinski definition) is 4. The van der Waals surface area contributed by atoms with Crippen molar-refractivity contribution >= 4 is 24.1 Å². The van der Waals surface area contributed by atoms with E-state index in [1.807, 2.05) is 0 Å². The molecule has 0 bridgehead atoms. The van der Waals surface area contributed by atoms with E-state index in [1.54, 1.807) is 50.3 Å². The molecule has 2 aliphatic carbocycles. The van der Waals surface area contributed by atoms with Gasteiger partial charge in [-0.25, -0.2) is 16.8 Å². The van der Waals surface area contributed by atoms with E-state index in [4.69, 9.17) is 0 Å². The van der Waals surface area contributed by atoms with Crippen LogP contribution in [0, 0.1) is 11.8 Å². The molecule has 136 valence electrons. The molecule has 0 aromatic carbocycles. The molecule has 4 unspecified atom stereocenters. The van der Waals surface area contributed by atoms with Gasteiger partial charge >= 0.3 is 4.38 Å². The van der Waals surface area contributed by atoms with Gasteiger partial charge in [0.05, 0.1) is 0 Å². The predicted octanol–water partition coefficient (Wildman–Crippen LogP) is 2.44. The van der Waals surface area contributed by atoms with Gasteiger partial charge in [0.2, 0.25) is 0 Å². The molecular weight excluding hydrogens is 360 g/mol. The van der Waals surface area contributed by atoms with Gasteiger partial charge in [0.15, 0.2) is 0 Å². The molecule has 0 aliphatic heterocycles. The summed E-state index contributed by atoms with van der Waals surface area (Å²) in [5, 5.41) is 0. The lowest BCUT2D eigenvalue weighted by Gasteiger charge is -2.33. The molecule has 0 saturated heterocycles. The number of allylic oxidation sites excluding steroid dienone is 6. The molecule has 0 aromatic heterocycles. The van der Waals surface area contributed by atoms with Crippen LogP contribution in [-0.4, -0.2) is 35.5 Å².